The first-order valence-electron chi connectivity index (χ1n) is 3.73. The standard InChI is InChI=1S/C8H5BCl2F3/c10-7-2-1-3-8(11)6(7)4-5-9(12,13)14/h1-5H/q-1/b5-4+. The molecule has 1 aromatic carbocycles. The summed E-state index contributed by atoms with van der Waals surface area (Å²) < 4.78 is 35.7. The van der Waals surface area contributed by atoms with Crippen molar-refractivity contribution in [3.05, 3.63) is 39.8 Å². The van der Waals surface area contributed by atoms with Gasteiger partial charge in [0.05, 0.1) is 0 Å². The lowest BCUT2D eigenvalue weighted by Crippen LogP contribution is -2.09. The van der Waals surface area contributed by atoms with Crippen molar-refractivity contribution in [3.8, 4) is 0 Å². The molecule has 0 N–H and O–H groups in total. The molecule has 0 heterocycles. The predicted molar refractivity (Wildman–Crippen MR) is 54.6 cm³/mol. The number of rotatable bonds is 2. The highest BCUT2D eigenvalue weighted by atomic mass is 35.5. The summed E-state index contributed by atoms with van der Waals surface area (Å²) in [5, 5.41) is 0.405. The van der Waals surface area contributed by atoms with Crippen LogP contribution in [0.3, 0.4) is 0 Å². The van der Waals surface area contributed by atoms with Crippen molar-refractivity contribution >= 4 is 36.3 Å². The van der Waals surface area contributed by atoms with E-state index in [9.17, 15) is 12.9 Å². The molecular weight excluding hydrogens is 235 g/mol. The first kappa shape index (κ1) is 11.5. The van der Waals surface area contributed by atoms with Gasteiger partial charge in [-0.1, -0.05) is 35.3 Å². The van der Waals surface area contributed by atoms with Crippen LogP contribution in [0, 0.1) is 0 Å². The smallest absolute Gasteiger partial charge is 0.445 e. The lowest BCUT2D eigenvalue weighted by molar-refractivity contribution is 0.499. The Hall–Kier alpha value is -0.605. The molecule has 0 aliphatic rings. The number of hydrogen-bond acceptors (Lipinski definition) is 0. The molecule has 1 rings (SSSR count). The monoisotopic (exact) mass is 239 g/mol. The van der Waals surface area contributed by atoms with Gasteiger partial charge in [-0.3, -0.25) is 0 Å². The van der Waals surface area contributed by atoms with Gasteiger partial charge in [-0.2, -0.15) is 0 Å². The molecule has 0 aliphatic carbocycles. The van der Waals surface area contributed by atoms with E-state index in [1.165, 1.54) is 12.1 Å². The zero-order chi connectivity index (χ0) is 10.8. The molecule has 0 saturated heterocycles. The lowest BCUT2D eigenvalue weighted by Gasteiger charge is -2.07. The third-order valence-electron chi connectivity index (χ3n) is 1.48. The van der Waals surface area contributed by atoms with E-state index in [1.807, 2.05) is 0 Å². The third-order valence-corrected chi connectivity index (χ3v) is 2.14. The molecular formula is C8H5BCl2F3-. The van der Waals surface area contributed by atoms with Crippen molar-refractivity contribution < 1.29 is 12.9 Å². The second kappa shape index (κ2) is 4.28. The Kier molecular flexibility index (Phi) is 3.51. The van der Waals surface area contributed by atoms with Crippen LogP contribution in [0.4, 0.5) is 12.9 Å². The van der Waals surface area contributed by atoms with E-state index in [1.54, 1.807) is 6.07 Å². The first-order chi connectivity index (χ1) is 6.40. The van der Waals surface area contributed by atoms with Gasteiger partial charge in [0, 0.05) is 15.6 Å². The third kappa shape index (κ3) is 3.27. The van der Waals surface area contributed by atoms with Crippen LogP contribution in [0.25, 0.3) is 6.08 Å². The fourth-order valence-electron chi connectivity index (χ4n) is 0.875. The second-order valence-electron chi connectivity index (χ2n) is 2.62. The summed E-state index contributed by atoms with van der Waals surface area (Å²) in [6.45, 7) is -4.95. The molecule has 0 bridgehead atoms. The number of benzene rings is 1. The highest BCUT2D eigenvalue weighted by molar-refractivity contribution is 6.65. The highest BCUT2D eigenvalue weighted by Gasteiger charge is 2.17. The summed E-state index contributed by atoms with van der Waals surface area (Å²) in [4.78, 5) is 0. The molecule has 0 aromatic heterocycles. The van der Waals surface area contributed by atoms with Crippen molar-refractivity contribution in [2.45, 2.75) is 0 Å². The Labute approximate surface area is 89.4 Å². The van der Waals surface area contributed by atoms with Gasteiger partial charge >= 0.3 is 6.98 Å². The molecule has 0 fully saturated rings. The zero-order valence-corrected chi connectivity index (χ0v) is 8.37. The Morgan fingerprint density at radius 2 is 1.57 bits per heavy atom. The Morgan fingerprint density at radius 1 is 1.07 bits per heavy atom. The van der Waals surface area contributed by atoms with Gasteiger partial charge in [-0.25, -0.2) is 0 Å². The lowest BCUT2D eigenvalue weighted by atomic mass is 9.90. The molecule has 0 spiro atoms. The molecule has 0 saturated carbocycles. The van der Waals surface area contributed by atoms with Gasteiger partial charge in [-0.15, -0.1) is 5.98 Å². The van der Waals surface area contributed by atoms with Gasteiger partial charge in [-0.05, 0) is 12.1 Å². The zero-order valence-electron chi connectivity index (χ0n) is 6.85. The topological polar surface area (TPSA) is 0 Å². The van der Waals surface area contributed by atoms with Gasteiger partial charge in [0.1, 0.15) is 0 Å². The average molecular weight is 240 g/mol. The van der Waals surface area contributed by atoms with Crippen LogP contribution >= 0.6 is 23.2 Å². The maximum absolute atomic E-state index is 11.9. The van der Waals surface area contributed by atoms with Crippen LogP contribution in [0.1, 0.15) is 5.56 Å². The van der Waals surface area contributed by atoms with E-state index in [0.29, 0.717) is 0 Å². The normalized spacial score (nSPS) is 12.4. The van der Waals surface area contributed by atoms with Crippen LogP contribution in [-0.4, -0.2) is 6.98 Å². The quantitative estimate of drug-likeness (QED) is 0.672. The maximum Gasteiger partial charge on any atom is 0.502 e. The Bertz CT molecular complexity index is 340. The molecule has 76 valence electrons. The Balaban J connectivity index is 3.03. The van der Waals surface area contributed by atoms with Crippen molar-refractivity contribution in [3.63, 3.8) is 0 Å². The van der Waals surface area contributed by atoms with E-state index in [0.717, 1.165) is 6.08 Å². The van der Waals surface area contributed by atoms with Crippen molar-refractivity contribution in [2.24, 2.45) is 0 Å². The fourth-order valence-corrected chi connectivity index (χ4v) is 1.40. The number of hydrogen-bond donors (Lipinski definition) is 0. The van der Waals surface area contributed by atoms with Gasteiger partial charge in [0.15, 0.2) is 0 Å². The summed E-state index contributed by atoms with van der Waals surface area (Å²) in [6.07, 6.45) is 0.880. The van der Waals surface area contributed by atoms with Gasteiger partial charge in [0.25, 0.3) is 0 Å². The summed E-state index contributed by atoms with van der Waals surface area (Å²) in [6, 6.07) is 4.54. The molecule has 6 heteroatoms. The van der Waals surface area contributed by atoms with Crippen molar-refractivity contribution in [1.82, 2.24) is 0 Å². The highest BCUT2D eigenvalue weighted by Crippen LogP contribution is 2.26. The van der Waals surface area contributed by atoms with E-state index in [-0.39, 0.29) is 21.6 Å². The average Bonchev–Trinajstić information content (AvgIpc) is 2.01. The minimum atomic E-state index is -4.95. The summed E-state index contributed by atoms with van der Waals surface area (Å²) >= 11 is 11.3. The minimum Gasteiger partial charge on any atom is -0.445 e. The van der Waals surface area contributed by atoms with Crippen LogP contribution in [0.15, 0.2) is 24.2 Å². The maximum atomic E-state index is 11.9. The van der Waals surface area contributed by atoms with Crippen molar-refractivity contribution in [2.75, 3.05) is 0 Å². The second-order valence-corrected chi connectivity index (χ2v) is 3.43. The van der Waals surface area contributed by atoms with Gasteiger partial charge < -0.3 is 12.9 Å². The van der Waals surface area contributed by atoms with E-state index >= 15 is 0 Å². The summed E-state index contributed by atoms with van der Waals surface area (Å²) in [7, 11) is 0. The molecule has 0 aliphatic heterocycles. The van der Waals surface area contributed by atoms with Crippen LogP contribution in [0.2, 0.25) is 10.0 Å². The minimum absolute atomic E-state index is 0.160. The van der Waals surface area contributed by atoms with Gasteiger partial charge in [0.2, 0.25) is 0 Å². The van der Waals surface area contributed by atoms with Crippen LogP contribution in [-0.2, 0) is 0 Å². The molecule has 0 amide bonds. The fraction of sp³-hybridized carbons (Fsp3) is 0. The molecule has 0 nitrogen and oxygen atoms in total. The van der Waals surface area contributed by atoms with E-state index in [4.69, 9.17) is 23.2 Å². The summed E-state index contributed by atoms with van der Waals surface area (Å²) in [5.74, 6) is 0.160. The first-order valence-corrected chi connectivity index (χ1v) is 4.49. The summed E-state index contributed by atoms with van der Waals surface area (Å²) in [5.41, 5.74) is 0.190. The van der Waals surface area contributed by atoms with Crippen LogP contribution in [0.5, 0.6) is 0 Å². The van der Waals surface area contributed by atoms with E-state index < -0.39 is 6.98 Å². The number of halogens is 5. The molecule has 1 aromatic rings. The Morgan fingerprint density at radius 3 is 2.00 bits per heavy atom. The largest absolute Gasteiger partial charge is 0.502 e. The van der Waals surface area contributed by atoms with E-state index in [2.05, 4.69) is 0 Å². The molecule has 0 atom stereocenters. The van der Waals surface area contributed by atoms with Crippen molar-refractivity contribution in [1.29, 1.82) is 0 Å². The predicted octanol–water partition coefficient (Wildman–Crippen LogP) is 4.39. The molecule has 0 radical (unpaired) electrons. The molecule has 0 unspecified atom stereocenters. The van der Waals surface area contributed by atoms with Crippen LogP contribution < -0.4 is 0 Å². The SMILES string of the molecule is F[B-](F)(F)/C=C/c1c(Cl)cccc1Cl. The molecule has 14 heavy (non-hydrogen) atoms.